The molecule has 0 unspecified atom stereocenters. The Balaban J connectivity index is 2.45. The Hall–Kier alpha value is -1.68. The van der Waals surface area contributed by atoms with Crippen molar-refractivity contribution < 1.29 is 4.79 Å². The lowest BCUT2D eigenvalue weighted by Crippen LogP contribution is -2.10. The van der Waals surface area contributed by atoms with Crippen molar-refractivity contribution in [1.29, 1.82) is 0 Å². The molecular formula is C11H10N2OS. The molecule has 1 aromatic carbocycles. The van der Waals surface area contributed by atoms with Crippen LogP contribution in [0.5, 0.6) is 0 Å². The van der Waals surface area contributed by atoms with E-state index in [4.69, 9.17) is 5.73 Å². The van der Waals surface area contributed by atoms with Crippen molar-refractivity contribution in [2.45, 2.75) is 6.92 Å². The molecule has 0 aliphatic carbocycles. The summed E-state index contributed by atoms with van der Waals surface area (Å²) < 4.78 is 0. The highest BCUT2D eigenvalue weighted by molar-refractivity contribution is 7.14. The van der Waals surface area contributed by atoms with Crippen molar-refractivity contribution in [1.82, 2.24) is 4.98 Å². The SMILES string of the molecule is Cc1cnc(-c2cccc(C(N)=O)c2)s1. The largest absolute Gasteiger partial charge is 0.366 e. The summed E-state index contributed by atoms with van der Waals surface area (Å²) in [5.41, 5.74) is 6.66. The molecule has 1 amide bonds. The minimum Gasteiger partial charge on any atom is -0.366 e. The molecule has 1 heterocycles. The molecule has 2 N–H and O–H groups in total. The maximum Gasteiger partial charge on any atom is 0.248 e. The molecule has 0 aliphatic rings. The molecular weight excluding hydrogens is 208 g/mol. The summed E-state index contributed by atoms with van der Waals surface area (Å²) in [5.74, 6) is -0.412. The molecule has 1 aromatic heterocycles. The topological polar surface area (TPSA) is 56.0 Å². The highest BCUT2D eigenvalue weighted by Crippen LogP contribution is 2.24. The standard InChI is InChI=1S/C11H10N2OS/c1-7-6-13-11(15-7)9-4-2-3-8(5-9)10(12)14/h2-6H,1H3,(H2,12,14). The summed E-state index contributed by atoms with van der Waals surface area (Å²) in [4.78, 5) is 16.4. The summed E-state index contributed by atoms with van der Waals surface area (Å²) in [7, 11) is 0. The zero-order valence-electron chi connectivity index (χ0n) is 8.23. The summed E-state index contributed by atoms with van der Waals surface area (Å²) in [5, 5.41) is 0.913. The van der Waals surface area contributed by atoms with Crippen LogP contribution >= 0.6 is 11.3 Å². The van der Waals surface area contributed by atoms with Gasteiger partial charge in [-0.05, 0) is 19.1 Å². The minimum absolute atomic E-state index is 0.412. The van der Waals surface area contributed by atoms with Gasteiger partial charge >= 0.3 is 0 Å². The molecule has 76 valence electrons. The number of aromatic nitrogens is 1. The van der Waals surface area contributed by atoms with Gasteiger partial charge in [0.05, 0.1) is 0 Å². The van der Waals surface area contributed by atoms with Crippen LogP contribution in [0.15, 0.2) is 30.5 Å². The van der Waals surface area contributed by atoms with E-state index < -0.39 is 5.91 Å². The number of aryl methyl sites for hydroxylation is 1. The first-order valence-corrected chi connectivity index (χ1v) is 5.31. The average Bonchev–Trinajstić information content (AvgIpc) is 2.65. The van der Waals surface area contributed by atoms with Crippen molar-refractivity contribution >= 4 is 17.2 Å². The predicted octanol–water partition coefficient (Wildman–Crippen LogP) is 2.22. The number of hydrogen-bond donors (Lipinski definition) is 1. The molecule has 3 nitrogen and oxygen atoms in total. The van der Waals surface area contributed by atoms with Crippen molar-refractivity contribution in [2.75, 3.05) is 0 Å². The Labute approximate surface area is 91.6 Å². The number of thiazole rings is 1. The quantitative estimate of drug-likeness (QED) is 0.840. The first kappa shape index (κ1) is 9.86. The molecule has 2 aromatic rings. The molecule has 4 heteroatoms. The molecule has 0 bridgehead atoms. The summed E-state index contributed by atoms with van der Waals surface area (Å²) in [6.07, 6.45) is 1.82. The summed E-state index contributed by atoms with van der Waals surface area (Å²) in [6, 6.07) is 7.20. The predicted molar refractivity (Wildman–Crippen MR) is 60.8 cm³/mol. The van der Waals surface area contributed by atoms with Gasteiger partial charge in [-0.1, -0.05) is 12.1 Å². The molecule has 0 spiro atoms. The van der Waals surface area contributed by atoms with Crippen LogP contribution in [-0.2, 0) is 0 Å². The fraction of sp³-hybridized carbons (Fsp3) is 0.0909. The Bertz CT molecular complexity index is 505. The van der Waals surface area contributed by atoms with Gasteiger partial charge < -0.3 is 5.73 Å². The van der Waals surface area contributed by atoms with Crippen LogP contribution in [0.25, 0.3) is 10.6 Å². The molecule has 0 saturated heterocycles. The molecule has 0 radical (unpaired) electrons. The lowest BCUT2D eigenvalue weighted by Gasteiger charge is -1.98. The number of carbonyl (C=O) groups is 1. The van der Waals surface area contributed by atoms with E-state index >= 15 is 0 Å². The number of benzene rings is 1. The van der Waals surface area contributed by atoms with Gasteiger partial charge in [-0.2, -0.15) is 0 Å². The van der Waals surface area contributed by atoms with E-state index in [0.717, 1.165) is 15.4 Å². The van der Waals surface area contributed by atoms with Crippen LogP contribution in [0.4, 0.5) is 0 Å². The number of rotatable bonds is 2. The van der Waals surface area contributed by atoms with Gasteiger partial charge in [-0.3, -0.25) is 4.79 Å². The van der Waals surface area contributed by atoms with E-state index in [9.17, 15) is 4.79 Å². The molecule has 0 saturated carbocycles. The van der Waals surface area contributed by atoms with Crippen molar-refractivity contribution in [3.05, 3.63) is 40.9 Å². The third kappa shape index (κ3) is 2.05. The van der Waals surface area contributed by atoms with E-state index in [0.29, 0.717) is 5.56 Å². The van der Waals surface area contributed by atoms with Crippen molar-refractivity contribution in [3.8, 4) is 10.6 Å². The van der Waals surface area contributed by atoms with E-state index in [-0.39, 0.29) is 0 Å². The van der Waals surface area contributed by atoms with Gasteiger partial charge in [0.25, 0.3) is 0 Å². The van der Waals surface area contributed by atoms with Gasteiger partial charge in [0.2, 0.25) is 5.91 Å². The highest BCUT2D eigenvalue weighted by atomic mass is 32.1. The lowest BCUT2D eigenvalue weighted by atomic mass is 10.1. The first-order valence-electron chi connectivity index (χ1n) is 4.49. The Morgan fingerprint density at radius 2 is 2.27 bits per heavy atom. The smallest absolute Gasteiger partial charge is 0.248 e. The van der Waals surface area contributed by atoms with Crippen molar-refractivity contribution in [2.24, 2.45) is 5.73 Å². The van der Waals surface area contributed by atoms with Gasteiger partial charge in [-0.15, -0.1) is 11.3 Å². The van der Waals surface area contributed by atoms with E-state index in [1.807, 2.05) is 25.3 Å². The third-order valence-corrected chi connectivity index (χ3v) is 2.98. The lowest BCUT2D eigenvalue weighted by molar-refractivity contribution is 0.100. The van der Waals surface area contributed by atoms with E-state index in [2.05, 4.69) is 4.98 Å². The Morgan fingerprint density at radius 3 is 2.87 bits per heavy atom. The van der Waals surface area contributed by atoms with Gasteiger partial charge in [0, 0.05) is 22.2 Å². The fourth-order valence-electron chi connectivity index (χ4n) is 1.29. The van der Waals surface area contributed by atoms with E-state index in [1.165, 1.54) is 0 Å². The second-order valence-corrected chi connectivity index (χ2v) is 4.46. The zero-order valence-corrected chi connectivity index (χ0v) is 9.04. The van der Waals surface area contributed by atoms with Crippen LogP contribution < -0.4 is 5.73 Å². The second kappa shape index (κ2) is 3.82. The second-order valence-electron chi connectivity index (χ2n) is 3.22. The van der Waals surface area contributed by atoms with E-state index in [1.54, 1.807) is 23.5 Å². The Kier molecular flexibility index (Phi) is 2.51. The normalized spacial score (nSPS) is 10.2. The number of hydrogen-bond acceptors (Lipinski definition) is 3. The first-order chi connectivity index (χ1) is 7.16. The zero-order chi connectivity index (χ0) is 10.8. The number of carbonyl (C=O) groups excluding carboxylic acids is 1. The van der Waals surface area contributed by atoms with Crippen LogP contribution in [0.2, 0.25) is 0 Å². The maximum absolute atomic E-state index is 11.0. The van der Waals surface area contributed by atoms with Gasteiger partial charge in [-0.25, -0.2) is 4.98 Å². The maximum atomic E-state index is 11.0. The summed E-state index contributed by atoms with van der Waals surface area (Å²) >= 11 is 1.60. The van der Waals surface area contributed by atoms with Gasteiger partial charge in [0.1, 0.15) is 5.01 Å². The van der Waals surface area contributed by atoms with Crippen LogP contribution in [0.3, 0.4) is 0 Å². The van der Waals surface area contributed by atoms with Crippen molar-refractivity contribution in [3.63, 3.8) is 0 Å². The number of nitrogens with zero attached hydrogens (tertiary/aromatic N) is 1. The number of nitrogens with two attached hydrogens (primary N) is 1. The number of primary amides is 1. The fourth-order valence-corrected chi connectivity index (χ4v) is 2.05. The Morgan fingerprint density at radius 1 is 1.47 bits per heavy atom. The number of amides is 1. The minimum atomic E-state index is -0.412. The van der Waals surface area contributed by atoms with Crippen LogP contribution in [-0.4, -0.2) is 10.9 Å². The average molecular weight is 218 g/mol. The molecule has 0 atom stereocenters. The molecule has 0 fully saturated rings. The summed E-state index contributed by atoms with van der Waals surface area (Å²) in [6.45, 7) is 2.00. The van der Waals surface area contributed by atoms with Gasteiger partial charge in [0.15, 0.2) is 0 Å². The third-order valence-electron chi connectivity index (χ3n) is 2.02. The molecule has 0 aliphatic heterocycles. The molecule has 2 rings (SSSR count). The van der Waals surface area contributed by atoms with Crippen LogP contribution in [0.1, 0.15) is 15.2 Å². The van der Waals surface area contributed by atoms with Crippen LogP contribution in [0, 0.1) is 6.92 Å². The highest BCUT2D eigenvalue weighted by Gasteiger charge is 2.05. The monoisotopic (exact) mass is 218 g/mol. The molecule has 15 heavy (non-hydrogen) atoms.